The Morgan fingerprint density at radius 2 is 2.20 bits per heavy atom. The largest absolute Gasteiger partial charge is 1.00 e. The minimum absolute atomic E-state index is 0. The predicted octanol–water partition coefficient (Wildman–Crippen LogP) is 0.0827. The molecule has 2 heterocycles. The molecule has 0 amide bonds. The number of carboxylic acids is 1. The van der Waals surface area contributed by atoms with Crippen LogP contribution in [-0.2, 0) is 11.2 Å². The van der Waals surface area contributed by atoms with Crippen LogP contribution in [-0.4, -0.2) is 16.1 Å². The maximum atomic E-state index is 11.0. The average molecular weight is 279 g/mol. The number of benzene rings is 1. The summed E-state index contributed by atoms with van der Waals surface area (Å²) in [5.41, 5.74) is 2.82. The van der Waals surface area contributed by atoms with Gasteiger partial charge in [-0.25, -0.2) is 4.98 Å². The van der Waals surface area contributed by atoms with Crippen LogP contribution < -0.4 is 34.3 Å². The second-order valence-electron chi connectivity index (χ2n) is 4.67. The van der Waals surface area contributed by atoms with Gasteiger partial charge in [0, 0.05) is 18.2 Å². The number of aromatic nitrogens is 1. The van der Waals surface area contributed by atoms with Crippen molar-refractivity contribution in [1.29, 1.82) is 0 Å². The van der Waals surface area contributed by atoms with Crippen molar-refractivity contribution in [2.24, 2.45) is 0 Å². The Morgan fingerprint density at radius 3 is 2.95 bits per heavy atom. The van der Waals surface area contributed by atoms with Crippen LogP contribution in [0.4, 0.5) is 0 Å². The molecule has 0 spiro atoms. The number of ether oxygens (including phenoxy) is 1. The third-order valence-corrected chi connectivity index (χ3v) is 3.39. The van der Waals surface area contributed by atoms with Crippen LogP contribution in [0.3, 0.4) is 0 Å². The molecule has 2 aromatic rings. The molecule has 1 aliphatic heterocycles. The molecule has 0 saturated carbocycles. The maximum absolute atomic E-state index is 11.0. The van der Waals surface area contributed by atoms with Crippen LogP contribution >= 0.6 is 0 Å². The second kappa shape index (κ2) is 5.95. The first-order valence-corrected chi connectivity index (χ1v) is 6.12. The van der Waals surface area contributed by atoms with Crippen molar-refractivity contribution in [3.63, 3.8) is 0 Å². The number of hydrogen-bond acceptors (Lipinski definition) is 3. The molecule has 20 heavy (non-hydrogen) atoms. The fourth-order valence-electron chi connectivity index (χ4n) is 2.21. The Kier molecular flexibility index (Phi) is 4.48. The van der Waals surface area contributed by atoms with Gasteiger partial charge in [-0.1, -0.05) is 18.2 Å². The van der Waals surface area contributed by atoms with E-state index in [0.717, 1.165) is 28.9 Å². The van der Waals surface area contributed by atoms with Crippen LogP contribution in [0.2, 0.25) is 0 Å². The maximum Gasteiger partial charge on any atom is 1.00 e. The molecule has 0 fully saturated rings. The van der Waals surface area contributed by atoms with Gasteiger partial charge in [0.15, 0.2) is 0 Å². The third kappa shape index (κ3) is 2.73. The van der Waals surface area contributed by atoms with Crippen molar-refractivity contribution in [1.82, 2.24) is 4.98 Å². The number of rotatable bonds is 2. The molecule has 0 saturated heterocycles. The summed E-state index contributed by atoms with van der Waals surface area (Å²) in [6.07, 6.45) is 2.42. The number of nitrogens with zero attached hydrogens (tertiary/aromatic N) is 1. The predicted molar refractivity (Wildman–Crippen MR) is 70.7 cm³/mol. The minimum Gasteiger partial charge on any atom is -1.00 e. The zero-order chi connectivity index (χ0) is 13.4. The summed E-state index contributed by atoms with van der Waals surface area (Å²) in [6.45, 7) is 1.68. The molecule has 1 unspecified atom stereocenters. The molecule has 1 aromatic heterocycles. The first-order chi connectivity index (χ1) is 9.15. The quantitative estimate of drug-likeness (QED) is 0.675. The Hall–Kier alpha value is -1.36. The Balaban J connectivity index is 0.00000110. The smallest absolute Gasteiger partial charge is 1.00 e. The van der Waals surface area contributed by atoms with Crippen LogP contribution in [0.1, 0.15) is 31.0 Å². The van der Waals surface area contributed by atoms with Crippen LogP contribution in [0.25, 0.3) is 0 Å². The van der Waals surface area contributed by atoms with E-state index in [-0.39, 0.29) is 31.0 Å². The van der Waals surface area contributed by atoms with Gasteiger partial charge in [0.25, 0.3) is 0 Å². The Bertz CT molecular complexity index is 663. The van der Waals surface area contributed by atoms with E-state index in [2.05, 4.69) is 4.98 Å². The summed E-state index contributed by atoms with van der Waals surface area (Å²) < 4.78 is 5.71. The van der Waals surface area contributed by atoms with Crippen molar-refractivity contribution in [3.05, 3.63) is 53.2 Å². The molecule has 1 aliphatic rings. The third-order valence-electron chi connectivity index (χ3n) is 3.39. The van der Waals surface area contributed by atoms with Gasteiger partial charge in [-0.2, -0.15) is 0 Å². The molecule has 1 atom stereocenters. The fourth-order valence-corrected chi connectivity index (χ4v) is 2.21. The first kappa shape index (κ1) is 15.0. The minimum atomic E-state index is -0.821. The SMILES string of the molecule is CC(C(=O)O)c1ccc2c(c1)Cc1cccnc1O2.[H-].[Na+]. The number of carboxylic acid groups (broad SMARTS) is 1. The van der Waals surface area contributed by atoms with Crippen LogP contribution in [0.5, 0.6) is 11.6 Å². The Morgan fingerprint density at radius 1 is 1.40 bits per heavy atom. The van der Waals surface area contributed by atoms with Crippen molar-refractivity contribution in [2.75, 3.05) is 0 Å². The number of aliphatic carboxylic acids is 1. The van der Waals surface area contributed by atoms with E-state index < -0.39 is 11.9 Å². The molecule has 0 radical (unpaired) electrons. The van der Waals surface area contributed by atoms with Crippen molar-refractivity contribution >= 4 is 5.97 Å². The molecule has 98 valence electrons. The monoisotopic (exact) mass is 279 g/mol. The zero-order valence-corrected chi connectivity index (χ0v) is 13.5. The standard InChI is InChI=1S/C15H13NO3.Na.H/c1-9(15(17)18)10-4-5-13-12(7-10)8-11-3-2-6-16-14(11)19-13;;/h2-7,9H,8H2,1H3,(H,17,18);;/q;+1;-1. The molecule has 0 bridgehead atoms. The fraction of sp³-hybridized carbons (Fsp3) is 0.200. The van der Waals surface area contributed by atoms with E-state index in [1.807, 2.05) is 24.3 Å². The van der Waals surface area contributed by atoms with Crippen LogP contribution in [0.15, 0.2) is 36.5 Å². The van der Waals surface area contributed by atoms with Gasteiger partial charge >= 0.3 is 35.5 Å². The molecule has 0 aliphatic carbocycles. The summed E-state index contributed by atoms with van der Waals surface area (Å²) in [4.78, 5) is 15.2. The number of carbonyl (C=O) groups is 1. The normalized spacial score (nSPS) is 13.2. The van der Waals surface area contributed by atoms with Gasteiger partial charge in [-0.15, -0.1) is 0 Å². The summed E-state index contributed by atoms with van der Waals surface area (Å²) in [5, 5.41) is 9.06. The van der Waals surface area contributed by atoms with E-state index in [0.29, 0.717) is 5.88 Å². The molecule has 4 nitrogen and oxygen atoms in total. The van der Waals surface area contributed by atoms with Crippen LogP contribution in [0, 0.1) is 0 Å². The van der Waals surface area contributed by atoms with Gasteiger partial charge < -0.3 is 11.3 Å². The molecular formula is C15H14NNaO3. The van der Waals surface area contributed by atoms with E-state index in [1.54, 1.807) is 19.2 Å². The van der Waals surface area contributed by atoms with E-state index in [4.69, 9.17) is 9.84 Å². The summed E-state index contributed by atoms with van der Waals surface area (Å²) in [7, 11) is 0. The average Bonchev–Trinajstić information content (AvgIpc) is 2.43. The number of hydrogen-bond donors (Lipinski definition) is 1. The molecule has 3 rings (SSSR count). The second-order valence-corrected chi connectivity index (χ2v) is 4.67. The molecule has 5 heteroatoms. The summed E-state index contributed by atoms with van der Waals surface area (Å²) >= 11 is 0. The molecule has 1 aromatic carbocycles. The molecular weight excluding hydrogens is 265 g/mol. The van der Waals surface area contributed by atoms with E-state index >= 15 is 0 Å². The van der Waals surface area contributed by atoms with Gasteiger partial charge in [0.2, 0.25) is 5.88 Å². The zero-order valence-electron chi connectivity index (χ0n) is 12.5. The van der Waals surface area contributed by atoms with Gasteiger partial charge in [-0.05, 0) is 30.2 Å². The van der Waals surface area contributed by atoms with E-state index in [1.165, 1.54) is 0 Å². The van der Waals surface area contributed by atoms with Gasteiger partial charge in [0.05, 0.1) is 5.92 Å². The van der Waals surface area contributed by atoms with Gasteiger partial charge in [0.1, 0.15) is 5.75 Å². The summed E-state index contributed by atoms with van der Waals surface area (Å²) in [5.74, 6) is 0.0564. The van der Waals surface area contributed by atoms with Crippen molar-refractivity contribution in [3.8, 4) is 11.6 Å². The summed E-state index contributed by atoms with van der Waals surface area (Å²) in [6, 6.07) is 9.37. The van der Waals surface area contributed by atoms with Crippen molar-refractivity contribution in [2.45, 2.75) is 19.3 Å². The molecule has 1 N–H and O–H groups in total. The van der Waals surface area contributed by atoms with Crippen molar-refractivity contribution < 1.29 is 45.6 Å². The topological polar surface area (TPSA) is 59.4 Å². The van der Waals surface area contributed by atoms with E-state index in [9.17, 15) is 4.79 Å². The van der Waals surface area contributed by atoms with Gasteiger partial charge in [-0.3, -0.25) is 4.79 Å². The first-order valence-electron chi connectivity index (χ1n) is 6.12. The Labute approximate surface area is 140 Å². The number of pyridine rings is 1. The number of fused-ring (bicyclic) bond motifs is 2.